The van der Waals surface area contributed by atoms with Gasteiger partial charge >= 0.3 is 0 Å². The predicted molar refractivity (Wildman–Crippen MR) is 100 cm³/mol. The van der Waals surface area contributed by atoms with Gasteiger partial charge in [-0.1, -0.05) is 6.92 Å². The molecule has 0 bridgehead atoms. The van der Waals surface area contributed by atoms with Crippen molar-refractivity contribution >= 4 is 29.9 Å². The molecule has 5 nitrogen and oxygen atoms in total. The minimum absolute atomic E-state index is 0. The number of hydrogen-bond acceptors (Lipinski definition) is 3. The van der Waals surface area contributed by atoms with E-state index in [1.807, 2.05) is 18.2 Å². The average Bonchev–Trinajstić information content (AvgIpc) is 3.20. The quantitative estimate of drug-likeness (QED) is 0.423. The minimum Gasteiger partial charge on any atom is -0.497 e. The van der Waals surface area contributed by atoms with Crippen LogP contribution in [0.5, 0.6) is 11.5 Å². The molecule has 2 N–H and O–H groups in total. The Morgan fingerprint density at radius 2 is 2.05 bits per heavy atom. The van der Waals surface area contributed by atoms with Crippen LogP contribution in [0.25, 0.3) is 0 Å². The first-order chi connectivity index (χ1) is 10.2. The number of nitrogens with zero attached hydrogens (tertiary/aromatic N) is 1. The molecule has 1 aromatic carbocycles. The van der Waals surface area contributed by atoms with Gasteiger partial charge in [0, 0.05) is 24.2 Å². The highest BCUT2D eigenvalue weighted by atomic mass is 127. The minimum atomic E-state index is 0. The molecule has 2 rings (SSSR count). The summed E-state index contributed by atoms with van der Waals surface area (Å²) in [7, 11) is 3.31. The lowest BCUT2D eigenvalue weighted by atomic mass is 10.2. The van der Waals surface area contributed by atoms with Gasteiger partial charge in [-0.25, -0.2) is 4.99 Å². The molecule has 0 amide bonds. The Kier molecular flexibility index (Phi) is 7.78. The van der Waals surface area contributed by atoms with Crippen LogP contribution in [-0.4, -0.2) is 32.8 Å². The van der Waals surface area contributed by atoms with Gasteiger partial charge in [0.15, 0.2) is 5.96 Å². The van der Waals surface area contributed by atoms with Crippen LogP contribution >= 0.6 is 24.0 Å². The molecule has 0 radical (unpaired) electrons. The molecule has 124 valence electrons. The summed E-state index contributed by atoms with van der Waals surface area (Å²) in [4.78, 5) is 4.64. The van der Waals surface area contributed by atoms with Crippen molar-refractivity contribution in [1.29, 1.82) is 0 Å². The maximum absolute atomic E-state index is 5.40. The number of halogens is 1. The second-order valence-electron chi connectivity index (χ2n) is 5.34. The Balaban J connectivity index is 0.00000242. The summed E-state index contributed by atoms with van der Waals surface area (Å²) in [5.74, 6) is 3.19. The molecule has 2 atom stereocenters. The zero-order valence-electron chi connectivity index (χ0n) is 13.7. The summed E-state index contributed by atoms with van der Waals surface area (Å²) < 4.78 is 10.6. The third-order valence-electron chi connectivity index (χ3n) is 3.68. The Morgan fingerprint density at radius 1 is 1.32 bits per heavy atom. The third kappa shape index (κ3) is 5.23. The molecule has 1 fully saturated rings. The normalized spacial score (nSPS) is 19.9. The van der Waals surface area contributed by atoms with Crippen LogP contribution < -0.4 is 20.1 Å². The summed E-state index contributed by atoms with van der Waals surface area (Å²) in [6.45, 7) is 5.74. The van der Waals surface area contributed by atoms with Gasteiger partial charge in [-0.3, -0.25) is 0 Å². The van der Waals surface area contributed by atoms with Crippen molar-refractivity contribution in [3.05, 3.63) is 23.8 Å². The molecule has 0 aromatic heterocycles. The molecule has 0 spiro atoms. The van der Waals surface area contributed by atoms with Gasteiger partial charge in [-0.05, 0) is 31.4 Å². The third-order valence-corrected chi connectivity index (χ3v) is 3.68. The number of methoxy groups -OCH3 is 2. The molecule has 0 saturated heterocycles. The summed E-state index contributed by atoms with van der Waals surface area (Å²) >= 11 is 0. The lowest BCUT2D eigenvalue weighted by Crippen LogP contribution is -2.39. The van der Waals surface area contributed by atoms with Gasteiger partial charge in [0.2, 0.25) is 0 Å². The van der Waals surface area contributed by atoms with E-state index in [2.05, 4.69) is 29.5 Å². The SMILES string of the molecule is CCNC(=NCc1ccc(OC)cc1OC)NC1CC1C.I. The summed E-state index contributed by atoms with van der Waals surface area (Å²) in [5.41, 5.74) is 1.04. The first-order valence-electron chi connectivity index (χ1n) is 7.43. The summed E-state index contributed by atoms with van der Waals surface area (Å²) in [6, 6.07) is 6.36. The smallest absolute Gasteiger partial charge is 0.191 e. The Morgan fingerprint density at radius 3 is 2.59 bits per heavy atom. The Hall–Kier alpha value is -1.18. The monoisotopic (exact) mass is 419 g/mol. The van der Waals surface area contributed by atoms with Gasteiger partial charge in [-0.2, -0.15) is 0 Å². The van der Waals surface area contributed by atoms with Crippen molar-refractivity contribution in [2.24, 2.45) is 10.9 Å². The molecule has 1 saturated carbocycles. The van der Waals surface area contributed by atoms with Crippen LogP contribution in [0, 0.1) is 5.92 Å². The van der Waals surface area contributed by atoms with Crippen molar-refractivity contribution < 1.29 is 9.47 Å². The molecule has 22 heavy (non-hydrogen) atoms. The van der Waals surface area contributed by atoms with Gasteiger partial charge in [-0.15, -0.1) is 24.0 Å². The molecular weight excluding hydrogens is 393 g/mol. The van der Waals surface area contributed by atoms with Crippen LogP contribution in [-0.2, 0) is 6.54 Å². The van der Waals surface area contributed by atoms with Gasteiger partial charge in [0.25, 0.3) is 0 Å². The van der Waals surface area contributed by atoms with E-state index in [0.717, 1.165) is 35.5 Å². The van der Waals surface area contributed by atoms with Crippen LogP contribution in [0.15, 0.2) is 23.2 Å². The van der Waals surface area contributed by atoms with E-state index in [1.54, 1.807) is 14.2 Å². The number of hydrogen-bond donors (Lipinski definition) is 2. The van der Waals surface area contributed by atoms with Crippen LogP contribution in [0.2, 0.25) is 0 Å². The van der Waals surface area contributed by atoms with Gasteiger partial charge in [0.1, 0.15) is 11.5 Å². The zero-order valence-corrected chi connectivity index (χ0v) is 16.0. The first-order valence-corrected chi connectivity index (χ1v) is 7.43. The van der Waals surface area contributed by atoms with E-state index < -0.39 is 0 Å². The van der Waals surface area contributed by atoms with Crippen LogP contribution in [0.1, 0.15) is 25.8 Å². The molecule has 1 aromatic rings. The van der Waals surface area contributed by atoms with E-state index in [1.165, 1.54) is 6.42 Å². The van der Waals surface area contributed by atoms with Crippen molar-refractivity contribution in [2.75, 3.05) is 20.8 Å². The Labute approximate surface area is 149 Å². The summed E-state index contributed by atoms with van der Waals surface area (Å²) in [5, 5.41) is 6.72. The van der Waals surface area contributed by atoms with E-state index in [4.69, 9.17) is 9.47 Å². The number of ether oxygens (including phenoxy) is 2. The highest BCUT2D eigenvalue weighted by Gasteiger charge is 2.33. The van der Waals surface area contributed by atoms with Crippen molar-refractivity contribution in [2.45, 2.75) is 32.9 Å². The number of guanidine groups is 1. The summed E-state index contributed by atoms with van der Waals surface area (Å²) in [6.07, 6.45) is 1.22. The fourth-order valence-corrected chi connectivity index (χ4v) is 2.17. The van der Waals surface area contributed by atoms with Gasteiger partial charge < -0.3 is 20.1 Å². The molecule has 1 aliphatic carbocycles. The number of rotatable bonds is 6. The van der Waals surface area contributed by atoms with Crippen LogP contribution in [0.3, 0.4) is 0 Å². The zero-order chi connectivity index (χ0) is 15.2. The Bertz CT molecular complexity index is 508. The highest BCUT2D eigenvalue weighted by Crippen LogP contribution is 2.29. The van der Waals surface area contributed by atoms with E-state index in [0.29, 0.717) is 12.6 Å². The van der Waals surface area contributed by atoms with Crippen molar-refractivity contribution in [3.8, 4) is 11.5 Å². The van der Waals surface area contributed by atoms with Crippen molar-refractivity contribution in [1.82, 2.24) is 10.6 Å². The second kappa shape index (κ2) is 9.07. The van der Waals surface area contributed by atoms with Crippen molar-refractivity contribution in [3.63, 3.8) is 0 Å². The molecular formula is C16H26IN3O2. The maximum Gasteiger partial charge on any atom is 0.191 e. The number of nitrogens with one attached hydrogen (secondary N) is 2. The lowest BCUT2D eigenvalue weighted by Gasteiger charge is -2.12. The average molecular weight is 419 g/mol. The topological polar surface area (TPSA) is 54.9 Å². The standard InChI is InChI=1S/C16H25N3O2.HI/c1-5-17-16(19-14-8-11(14)2)18-10-12-6-7-13(20-3)9-15(12)21-4;/h6-7,9,11,14H,5,8,10H2,1-4H3,(H2,17,18,19);1H. The first kappa shape index (κ1) is 18.9. The largest absolute Gasteiger partial charge is 0.497 e. The second-order valence-corrected chi connectivity index (χ2v) is 5.34. The molecule has 0 aliphatic heterocycles. The fraction of sp³-hybridized carbons (Fsp3) is 0.562. The van der Waals surface area contributed by atoms with E-state index >= 15 is 0 Å². The maximum atomic E-state index is 5.40. The number of benzene rings is 1. The molecule has 6 heteroatoms. The van der Waals surface area contributed by atoms with Gasteiger partial charge in [0.05, 0.1) is 20.8 Å². The molecule has 2 unspecified atom stereocenters. The predicted octanol–water partition coefficient (Wildman–Crippen LogP) is 2.79. The molecule has 1 aliphatic rings. The van der Waals surface area contributed by atoms with Crippen LogP contribution in [0.4, 0.5) is 0 Å². The molecule has 0 heterocycles. The fourth-order valence-electron chi connectivity index (χ4n) is 2.17. The van der Waals surface area contributed by atoms with E-state index in [9.17, 15) is 0 Å². The highest BCUT2D eigenvalue weighted by molar-refractivity contribution is 14.0. The lowest BCUT2D eigenvalue weighted by molar-refractivity contribution is 0.391. The number of aliphatic imine (C=N–C) groups is 1. The van der Waals surface area contributed by atoms with E-state index in [-0.39, 0.29) is 24.0 Å².